The Morgan fingerprint density at radius 3 is 2.39 bits per heavy atom. The smallest absolute Gasteiger partial charge is 0.264 e. The van der Waals surface area contributed by atoms with Gasteiger partial charge in [0, 0.05) is 16.7 Å². The van der Waals surface area contributed by atoms with Crippen molar-refractivity contribution in [1.29, 1.82) is 5.26 Å². The third-order valence-electron chi connectivity index (χ3n) is 4.22. The Morgan fingerprint density at radius 2 is 1.79 bits per heavy atom. The number of benzene rings is 2. The molecule has 1 aromatic heterocycles. The summed E-state index contributed by atoms with van der Waals surface area (Å²) in [7, 11) is 0. The van der Waals surface area contributed by atoms with Crippen LogP contribution in [0.3, 0.4) is 0 Å². The molecule has 1 amide bonds. The molecule has 0 spiro atoms. The Hall–Kier alpha value is -3.23. The maximum atomic E-state index is 12.2. The second-order valence-corrected chi connectivity index (χ2v) is 6.92. The number of carbonyl (C=O) groups excluding carboxylic acids is 1. The summed E-state index contributed by atoms with van der Waals surface area (Å²) in [5.74, 6) is 0.744. The maximum absolute atomic E-state index is 12.2. The van der Waals surface area contributed by atoms with Gasteiger partial charge in [-0.05, 0) is 44.0 Å². The monoisotopic (exact) mass is 394 g/mol. The lowest BCUT2D eigenvalue weighted by Gasteiger charge is -2.09. The van der Waals surface area contributed by atoms with Gasteiger partial charge in [0.05, 0.1) is 0 Å². The van der Waals surface area contributed by atoms with Crippen molar-refractivity contribution in [3.05, 3.63) is 69.7 Å². The zero-order chi connectivity index (χ0) is 20.3. The van der Waals surface area contributed by atoms with Crippen molar-refractivity contribution >= 4 is 23.4 Å². The lowest BCUT2D eigenvalue weighted by Crippen LogP contribution is -2.20. The molecule has 0 fully saturated rings. The van der Waals surface area contributed by atoms with E-state index in [1.807, 2.05) is 51.1 Å². The van der Waals surface area contributed by atoms with Crippen LogP contribution in [0, 0.1) is 32.1 Å². The quantitative estimate of drug-likeness (QED) is 0.627. The molecule has 0 saturated heterocycles. The van der Waals surface area contributed by atoms with E-state index in [1.165, 1.54) is 0 Å². The molecule has 6 heteroatoms. The highest BCUT2D eigenvalue weighted by molar-refractivity contribution is 6.32. The van der Waals surface area contributed by atoms with Crippen LogP contribution in [0.1, 0.15) is 22.3 Å². The van der Waals surface area contributed by atoms with Crippen molar-refractivity contribution in [3.8, 4) is 23.1 Å². The highest BCUT2D eigenvalue weighted by atomic mass is 35.5. The third-order valence-corrected chi connectivity index (χ3v) is 4.82. The molecule has 1 N–H and O–H groups in total. The van der Waals surface area contributed by atoms with E-state index in [0.717, 1.165) is 22.3 Å². The summed E-state index contributed by atoms with van der Waals surface area (Å²) in [6, 6.07) is 14.9. The number of hydrogen-bond donors (Lipinski definition) is 1. The number of rotatable bonds is 5. The van der Waals surface area contributed by atoms with Crippen LogP contribution in [0.2, 0.25) is 5.02 Å². The van der Waals surface area contributed by atoms with E-state index in [0.29, 0.717) is 16.5 Å². The topological polar surface area (TPSA) is 75.3 Å². The van der Waals surface area contributed by atoms with Crippen LogP contribution in [-0.2, 0) is 4.79 Å². The Morgan fingerprint density at radius 1 is 1.14 bits per heavy atom. The van der Waals surface area contributed by atoms with Gasteiger partial charge in [-0.3, -0.25) is 10.1 Å². The summed E-state index contributed by atoms with van der Waals surface area (Å²) in [5.41, 5.74) is 3.94. The number of amides is 1. The first-order valence-corrected chi connectivity index (χ1v) is 9.05. The predicted octanol–water partition coefficient (Wildman–Crippen LogP) is 5.41. The van der Waals surface area contributed by atoms with Gasteiger partial charge in [-0.2, -0.15) is 5.26 Å². The molecule has 0 bridgehead atoms. The number of anilines is 1. The van der Waals surface area contributed by atoms with Gasteiger partial charge in [-0.25, -0.2) is 0 Å². The Bertz CT molecular complexity index is 1040. The van der Waals surface area contributed by atoms with Gasteiger partial charge in [0.15, 0.2) is 6.61 Å². The van der Waals surface area contributed by atoms with E-state index >= 15 is 0 Å². The van der Waals surface area contributed by atoms with E-state index in [4.69, 9.17) is 20.8 Å². The van der Waals surface area contributed by atoms with Crippen LogP contribution in [0.15, 0.2) is 46.9 Å². The first kappa shape index (κ1) is 19.5. The van der Waals surface area contributed by atoms with Crippen molar-refractivity contribution in [1.82, 2.24) is 0 Å². The Balaban J connectivity index is 1.70. The number of halogens is 1. The normalized spacial score (nSPS) is 10.4. The van der Waals surface area contributed by atoms with Gasteiger partial charge >= 0.3 is 0 Å². The largest absolute Gasteiger partial charge is 0.484 e. The SMILES string of the molecule is Cc1ccc(-c2cc(C#N)c(NC(=O)COc3cc(C)c(Cl)c(C)c3)o2)cc1. The number of nitrogens with zero attached hydrogens (tertiary/aromatic N) is 1. The summed E-state index contributed by atoms with van der Waals surface area (Å²) < 4.78 is 11.2. The molecule has 0 saturated carbocycles. The van der Waals surface area contributed by atoms with Gasteiger partial charge in [-0.1, -0.05) is 41.4 Å². The second kappa shape index (κ2) is 8.20. The standard InChI is InChI=1S/C22H19ClN2O3/c1-13-4-6-16(7-5-13)19-10-17(11-24)22(28-19)25-20(26)12-27-18-8-14(2)21(23)15(3)9-18/h4-10H,12H2,1-3H3,(H,25,26). The second-order valence-electron chi connectivity index (χ2n) is 6.54. The van der Waals surface area contributed by atoms with Crippen molar-refractivity contribution in [2.45, 2.75) is 20.8 Å². The van der Waals surface area contributed by atoms with Crippen LogP contribution in [0.25, 0.3) is 11.3 Å². The molecule has 3 aromatic rings. The van der Waals surface area contributed by atoms with Crippen molar-refractivity contribution in [3.63, 3.8) is 0 Å². The number of furan rings is 1. The number of hydrogen-bond acceptors (Lipinski definition) is 4. The summed E-state index contributed by atoms with van der Waals surface area (Å²) >= 11 is 6.14. The van der Waals surface area contributed by atoms with Crippen molar-refractivity contribution in [2.24, 2.45) is 0 Å². The Labute approximate surface area is 168 Å². The average molecular weight is 395 g/mol. The Kier molecular flexibility index (Phi) is 5.72. The average Bonchev–Trinajstić information content (AvgIpc) is 3.07. The molecular weight excluding hydrogens is 376 g/mol. The van der Waals surface area contributed by atoms with E-state index in [2.05, 4.69) is 5.32 Å². The molecule has 0 aliphatic heterocycles. The lowest BCUT2D eigenvalue weighted by molar-refractivity contribution is -0.118. The molecule has 5 nitrogen and oxygen atoms in total. The highest BCUT2D eigenvalue weighted by Crippen LogP contribution is 2.29. The minimum absolute atomic E-state index is 0.107. The highest BCUT2D eigenvalue weighted by Gasteiger charge is 2.15. The first-order chi connectivity index (χ1) is 13.4. The molecule has 3 rings (SSSR count). The minimum Gasteiger partial charge on any atom is -0.484 e. The fourth-order valence-corrected chi connectivity index (χ4v) is 2.84. The number of nitriles is 1. The minimum atomic E-state index is -0.424. The molecule has 0 radical (unpaired) electrons. The summed E-state index contributed by atoms with van der Waals surface area (Å²) in [6.07, 6.45) is 0. The third kappa shape index (κ3) is 4.36. The molecule has 28 heavy (non-hydrogen) atoms. The molecule has 142 valence electrons. The molecule has 0 aliphatic rings. The van der Waals surface area contributed by atoms with Crippen LogP contribution in [0.5, 0.6) is 5.75 Å². The van der Waals surface area contributed by atoms with Gasteiger partial charge < -0.3 is 9.15 Å². The summed E-state index contributed by atoms with van der Waals surface area (Å²) in [6.45, 7) is 5.52. The van der Waals surface area contributed by atoms with Gasteiger partial charge in [0.1, 0.15) is 23.1 Å². The molecule has 0 atom stereocenters. The summed E-state index contributed by atoms with van der Waals surface area (Å²) in [4.78, 5) is 12.2. The number of carbonyl (C=O) groups is 1. The molecule has 0 unspecified atom stereocenters. The van der Waals surface area contributed by atoms with E-state index < -0.39 is 5.91 Å². The fourth-order valence-electron chi connectivity index (χ4n) is 2.73. The predicted molar refractivity (Wildman–Crippen MR) is 109 cm³/mol. The van der Waals surface area contributed by atoms with Crippen molar-refractivity contribution < 1.29 is 13.9 Å². The van der Waals surface area contributed by atoms with Crippen LogP contribution >= 0.6 is 11.6 Å². The zero-order valence-corrected chi connectivity index (χ0v) is 16.6. The van der Waals surface area contributed by atoms with Gasteiger partial charge in [-0.15, -0.1) is 0 Å². The zero-order valence-electron chi connectivity index (χ0n) is 15.8. The lowest BCUT2D eigenvalue weighted by atomic mass is 10.1. The van der Waals surface area contributed by atoms with Crippen LogP contribution in [-0.4, -0.2) is 12.5 Å². The van der Waals surface area contributed by atoms with E-state index in [9.17, 15) is 10.1 Å². The molecule has 0 aliphatic carbocycles. The van der Waals surface area contributed by atoms with Crippen LogP contribution in [0.4, 0.5) is 5.88 Å². The van der Waals surface area contributed by atoms with E-state index in [1.54, 1.807) is 18.2 Å². The van der Waals surface area contributed by atoms with Crippen LogP contribution < -0.4 is 10.1 Å². The van der Waals surface area contributed by atoms with Crippen molar-refractivity contribution in [2.75, 3.05) is 11.9 Å². The fraction of sp³-hybridized carbons (Fsp3) is 0.182. The molecular formula is C22H19ClN2O3. The number of aryl methyl sites for hydroxylation is 3. The first-order valence-electron chi connectivity index (χ1n) is 8.67. The maximum Gasteiger partial charge on any atom is 0.264 e. The van der Waals surface area contributed by atoms with Gasteiger partial charge in [0.2, 0.25) is 5.88 Å². The summed E-state index contributed by atoms with van der Waals surface area (Å²) in [5, 5.41) is 12.6. The number of ether oxygens (including phenoxy) is 1. The molecule has 2 aromatic carbocycles. The van der Waals surface area contributed by atoms with Gasteiger partial charge in [0.25, 0.3) is 5.91 Å². The number of nitrogens with one attached hydrogen (secondary N) is 1. The molecule has 1 heterocycles. The van der Waals surface area contributed by atoms with E-state index in [-0.39, 0.29) is 18.1 Å².